The van der Waals surface area contributed by atoms with Crippen LogP contribution in [0.4, 0.5) is 0 Å². The number of hydrogen-bond donors (Lipinski definition) is 1. The Morgan fingerprint density at radius 2 is 2.11 bits per heavy atom. The van der Waals surface area contributed by atoms with Gasteiger partial charge in [0, 0.05) is 18.1 Å². The van der Waals surface area contributed by atoms with Gasteiger partial charge in [-0.2, -0.15) is 0 Å². The molecule has 0 aliphatic heterocycles. The van der Waals surface area contributed by atoms with Crippen molar-refractivity contribution in [2.75, 3.05) is 5.75 Å². The SMILES string of the molecule is Cc1cc(Cl)ccc1OC(C)c1nnc(SCC(=O)NC2CCCCC2)n1C. The van der Waals surface area contributed by atoms with Gasteiger partial charge in [0.1, 0.15) is 5.75 Å². The second-order valence-electron chi connectivity index (χ2n) is 7.26. The number of halogens is 1. The van der Waals surface area contributed by atoms with E-state index in [9.17, 15) is 4.79 Å². The molecule has 3 rings (SSSR count). The zero-order valence-electron chi connectivity index (χ0n) is 16.6. The lowest BCUT2D eigenvalue weighted by Crippen LogP contribution is -2.37. The third-order valence-electron chi connectivity index (χ3n) is 4.98. The number of aromatic nitrogens is 3. The molecule has 1 aliphatic carbocycles. The summed E-state index contributed by atoms with van der Waals surface area (Å²) in [6.07, 6.45) is 5.58. The average Bonchev–Trinajstić information content (AvgIpc) is 3.04. The molecule has 8 heteroatoms. The van der Waals surface area contributed by atoms with Gasteiger partial charge in [0.2, 0.25) is 5.91 Å². The summed E-state index contributed by atoms with van der Waals surface area (Å²) in [7, 11) is 1.89. The lowest BCUT2D eigenvalue weighted by Gasteiger charge is -2.22. The van der Waals surface area contributed by atoms with Crippen molar-refractivity contribution in [1.82, 2.24) is 20.1 Å². The Hall–Kier alpha value is -1.73. The fourth-order valence-corrected chi connectivity index (χ4v) is 4.40. The largest absolute Gasteiger partial charge is 0.482 e. The van der Waals surface area contributed by atoms with Crippen molar-refractivity contribution >= 4 is 29.3 Å². The summed E-state index contributed by atoms with van der Waals surface area (Å²) in [6.45, 7) is 3.89. The number of carbonyl (C=O) groups excluding carboxylic acids is 1. The molecule has 1 aliphatic rings. The first-order valence-electron chi connectivity index (χ1n) is 9.68. The van der Waals surface area contributed by atoms with Gasteiger partial charge in [-0.1, -0.05) is 42.6 Å². The van der Waals surface area contributed by atoms with E-state index in [2.05, 4.69) is 15.5 Å². The highest BCUT2D eigenvalue weighted by molar-refractivity contribution is 7.99. The minimum atomic E-state index is -0.275. The number of ether oxygens (including phenoxy) is 1. The van der Waals surface area contributed by atoms with Gasteiger partial charge in [-0.3, -0.25) is 4.79 Å². The lowest BCUT2D eigenvalue weighted by molar-refractivity contribution is -0.119. The third-order valence-corrected chi connectivity index (χ3v) is 6.23. The molecule has 1 N–H and O–H groups in total. The Kier molecular flexibility index (Phi) is 7.24. The number of carbonyl (C=O) groups is 1. The number of thioether (sulfide) groups is 1. The Bertz CT molecular complexity index is 821. The van der Waals surface area contributed by atoms with Crippen LogP contribution in [0.3, 0.4) is 0 Å². The van der Waals surface area contributed by atoms with Crippen molar-refractivity contribution in [2.45, 2.75) is 63.3 Å². The summed E-state index contributed by atoms with van der Waals surface area (Å²) >= 11 is 7.40. The van der Waals surface area contributed by atoms with Gasteiger partial charge in [-0.15, -0.1) is 10.2 Å². The minimum absolute atomic E-state index is 0.0579. The van der Waals surface area contributed by atoms with Gasteiger partial charge in [-0.05, 0) is 50.5 Å². The summed E-state index contributed by atoms with van der Waals surface area (Å²) in [5.41, 5.74) is 0.968. The molecular formula is C20H27ClN4O2S. The van der Waals surface area contributed by atoms with E-state index in [1.165, 1.54) is 31.0 Å². The standard InChI is InChI=1S/C20H27ClN4O2S/c1-13-11-15(21)9-10-17(13)27-14(2)19-23-24-20(25(19)3)28-12-18(26)22-16-7-5-4-6-8-16/h9-11,14,16H,4-8,12H2,1-3H3,(H,22,26). The van der Waals surface area contributed by atoms with Crippen LogP contribution in [0.5, 0.6) is 5.75 Å². The second kappa shape index (κ2) is 9.65. The van der Waals surface area contributed by atoms with E-state index in [0.29, 0.717) is 27.8 Å². The molecule has 0 saturated heterocycles. The molecule has 0 bridgehead atoms. The molecule has 2 aromatic rings. The van der Waals surface area contributed by atoms with Crippen molar-refractivity contribution in [3.05, 3.63) is 34.6 Å². The highest BCUT2D eigenvalue weighted by atomic mass is 35.5. The molecule has 0 radical (unpaired) electrons. The number of hydrogen-bond acceptors (Lipinski definition) is 5. The van der Waals surface area contributed by atoms with E-state index < -0.39 is 0 Å². The maximum absolute atomic E-state index is 12.2. The third kappa shape index (κ3) is 5.41. The minimum Gasteiger partial charge on any atom is -0.482 e. The van der Waals surface area contributed by atoms with Crippen LogP contribution in [0.25, 0.3) is 0 Å². The summed E-state index contributed by atoms with van der Waals surface area (Å²) in [4.78, 5) is 12.2. The van der Waals surface area contributed by atoms with Crippen molar-refractivity contribution in [3.8, 4) is 5.75 Å². The molecule has 1 aromatic carbocycles. The number of nitrogens with one attached hydrogen (secondary N) is 1. The predicted molar refractivity (Wildman–Crippen MR) is 112 cm³/mol. The Morgan fingerprint density at radius 3 is 2.82 bits per heavy atom. The number of amides is 1. The maximum atomic E-state index is 12.2. The molecule has 0 spiro atoms. The summed E-state index contributed by atoms with van der Waals surface area (Å²) in [5.74, 6) is 1.88. The van der Waals surface area contributed by atoms with Gasteiger partial charge in [-0.25, -0.2) is 0 Å². The highest BCUT2D eigenvalue weighted by Gasteiger charge is 2.20. The van der Waals surface area contributed by atoms with E-state index in [1.807, 2.05) is 37.6 Å². The van der Waals surface area contributed by atoms with Crippen molar-refractivity contribution in [3.63, 3.8) is 0 Å². The quantitative estimate of drug-likeness (QED) is 0.667. The van der Waals surface area contributed by atoms with Crippen LogP contribution in [-0.4, -0.2) is 32.5 Å². The number of aryl methyl sites for hydroxylation is 1. The first-order valence-corrected chi connectivity index (χ1v) is 11.0. The molecule has 152 valence electrons. The van der Waals surface area contributed by atoms with Gasteiger partial charge in [0.25, 0.3) is 0 Å². The van der Waals surface area contributed by atoms with E-state index in [1.54, 1.807) is 6.07 Å². The average molecular weight is 423 g/mol. The fraction of sp³-hybridized carbons (Fsp3) is 0.550. The summed E-state index contributed by atoms with van der Waals surface area (Å²) < 4.78 is 7.92. The topological polar surface area (TPSA) is 69.0 Å². The van der Waals surface area contributed by atoms with Crippen molar-refractivity contribution < 1.29 is 9.53 Å². The first-order chi connectivity index (χ1) is 13.4. The van der Waals surface area contributed by atoms with Gasteiger partial charge in [0.05, 0.1) is 5.75 Å². The molecule has 1 saturated carbocycles. The van der Waals surface area contributed by atoms with Gasteiger partial charge >= 0.3 is 0 Å². The van der Waals surface area contributed by atoms with E-state index in [0.717, 1.165) is 24.2 Å². The monoisotopic (exact) mass is 422 g/mol. The van der Waals surface area contributed by atoms with Crippen LogP contribution in [-0.2, 0) is 11.8 Å². The van der Waals surface area contributed by atoms with Crippen LogP contribution in [0.15, 0.2) is 23.4 Å². The number of rotatable bonds is 7. The van der Waals surface area contributed by atoms with Crippen molar-refractivity contribution in [2.24, 2.45) is 7.05 Å². The molecular weight excluding hydrogens is 396 g/mol. The van der Waals surface area contributed by atoms with Gasteiger partial charge < -0.3 is 14.6 Å². The number of benzene rings is 1. The molecule has 1 fully saturated rings. The van der Waals surface area contributed by atoms with E-state index in [4.69, 9.17) is 16.3 Å². The second-order valence-corrected chi connectivity index (χ2v) is 8.64. The number of nitrogens with zero attached hydrogens (tertiary/aromatic N) is 3. The maximum Gasteiger partial charge on any atom is 0.230 e. The van der Waals surface area contributed by atoms with Crippen LogP contribution < -0.4 is 10.1 Å². The molecule has 1 unspecified atom stereocenters. The predicted octanol–water partition coefficient (Wildman–Crippen LogP) is 4.46. The van der Waals surface area contributed by atoms with Crippen LogP contribution >= 0.6 is 23.4 Å². The first kappa shape index (κ1) is 21.0. The van der Waals surface area contributed by atoms with Crippen LogP contribution in [0.1, 0.15) is 56.5 Å². The lowest BCUT2D eigenvalue weighted by atomic mass is 9.95. The normalized spacial score (nSPS) is 16.0. The Morgan fingerprint density at radius 1 is 1.36 bits per heavy atom. The van der Waals surface area contributed by atoms with Crippen molar-refractivity contribution in [1.29, 1.82) is 0 Å². The molecule has 28 heavy (non-hydrogen) atoms. The van der Waals surface area contributed by atoms with Crippen LogP contribution in [0, 0.1) is 6.92 Å². The molecule has 1 atom stereocenters. The summed E-state index contributed by atoms with van der Waals surface area (Å²) in [6, 6.07) is 5.86. The van der Waals surface area contributed by atoms with E-state index in [-0.39, 0.29) is 12.0 Å². The Labute approximate surface area is 175 Å². The fourth-order valence-electron chi connectivity index (χ4n) is 3.44. The molecule has 1 aromatic heterocycles. The van der Waals surface area contributed by atoms with Gasteiger partial charge in [0.15, 0.2) is 17.1 Å². The zero-order chi connectivity index (χ0) is 20.1. The molecule has 1 amide bonds. The highest BCUT2D eigenvalue weighted by Crippen LogP contribution is 2.27. The molecule has 1 heterocycles. The summed E-state index contributed by atoms with van der Waals surface area (Å²) in [5, 5.41) is 13.0. The molecule has 6 nitrogen and oxygen atoms in total. The smallest absolute Gasteiger partial charge is 0.230 e. The Balaban J connectivity index is 1.55. The van der Waals surface area contributed by atoms with E-state index >= 15 is 0 Å². The van der Waals surface area contributed by atoms with Crippen LogP contribution in [0.2, 0.25) is 5.02 Å². The zero-order valence-corrected chi connectivity index (χ0v) is 18.1.